The molecule has 72 valence electrons. The first-order valence-corrected chi connectivity index (χ1v) is 5.05. The fraction of sp³-hybridized carbons (Fsp3) is 0.100. The molecule has 4 heteroatoms. The van der Waals surface area contributed by atoms with E-state index in [9.17, 15) is 4.79 Å². The lowest BCUT2D eigenvalue weighted by molar-refractivity contribution is -0.137. The Morgan fingerprint density at radius 2 is 2.36 bits per heavy atom. The second-order valence-electron chi connectivity index (χ2n) is 2.94. The van der Waals surface area contributed by atoms with Crippen molar-refractivity contribution in [3.05, 3.63) is 36.0 Å². The lowest BCUT2D eigenvalue weighted by Gasteiger charge is -1.95. The Hall–Kier alpha value is -1.55. The summed E-state index contributed by atoms with van der Waals surface area (Å²) in [6, 6.07) is 5.93. The van der Waals surface area contributed by atoms with E-state index >= 15 is 0 Å². The molecule has 2 aromatic heterocycles. The molecule has 0 spiro atoms. The van der Waals surface area contributed by atoms with Crippen molar-refractivity contribution in [1.82, 2.24) is 4.57 Å². The van der Waals surface area contributed by atoms with Gasteiger partial charge in [0, 0.05) is 22.8 Å². The van der Waals surface area contributed by atoms with Crippen LogP contribution in [-0.4, -0.2) is 15.6 Å². The predicted octanol–water partition coefficient (Wildman–Crippen LogP) is 2.30. The number of hydrogen-bond acceptors (Lipinski definition) is 2. The Bertz CT molecular complexity index is 431. The van der Waals surface area contributed by atoms with Crippen molar-refractivity contribution in [1.29, 1.82) is 0 Å². The van der Waals surface area contributed by atoms with E-state index in [1.54, 1.807) is 22.1 Å². The average molecular weight is 207 g/mol. The van der Waals surface area contributed by atoms with Crippen LogP contribution in [0.3, 0.4) is 0 Å². The van der Waals surface area contributed by atoms with Gasteiger partial charge in [0.2, 0.25) is 0 Å². The summed E-state index contributed by atoms with van der Waals surface area (Å²) in [4.78, 5) is 11.6. The maximum atomic E-state index is 10.4. The number of thiophene rings is 1. The molecule has 0 aromatic carbocycles. The van der Waals surface area contributed by atoms with E-state index in [4.69, 9.17) is 5.11 Å². The molecule has 2 rings (SSSR count). The molecule has 0 aliphatic heterocycles. The number of rotatable bonds is 3. The van der Waals surface area contributed by atoms with Gasteiger partial charge in [-0.2, -0.15) is 0 Å². The second-order valence-corrected chi connectivity index (χ2v) is 3.89. The van der Waals surface area contributed by atoms with Crippen LogP contribution in [0.25, 0.3) is 10.4 Å². The van der Waals surface area contributed by atoms with E-state index < -0.39 is 5.97 Å². The van der Waals surface area contributed by atoms with Gasteiger partial charge in [-0.3, -0.25) is 4.79 Å². The van der Waals surface area contributed by atoms with Crippen molar-refractivity contribution in [2.75, 3.05) is 0 Å². The Labute approximate surface area is 85.2 Å². The minimum atomic E-state index is -0.821. The highest BCUT2D eigenvalue weighted by molar-refractivity contribution is 7.13. The molecule has 0 aliphatic carbocycles. The summed E-state index contributed by atoms with van der Waals surface area (Å²) in [7, 11) is 0. The first-order valence-electron chi connectivity index (χ1n) is 4.17. The minimum Gasteiger partial charge on any atom is -0.480 e. The number of carbonyl (C=O) groups is 1. The molecule has 0 unspecified atom stereocenters. The van der Waals surface area contributed by atoms with Gasteiger partial charge in [0.25, 0.3) is 0 Å². The van der Waals surface area contributed by atoms with E-state index in [-0.39, 0.29) is 6.54 Å². The van der Waals surface area contributed by atoms with Crippen molar-refractivity contribution in [2.45, 2.75) is 6.54 Å². The van der Waals surface area contributed by atoms with E-state index in [1.165, 1.54) is 0 Å². The topological polar surface area (TPSA) is 42.2 Å². The van der Waals surface area contributed by atoms with Gasteiger partial charge >= 0.3 is 5.97 Å². The highest BCUT2D eigenvalue weighted by Gasteiger charge is 2.03. The van der Waals surface area contributed by atoms with Crippen molar-refractivity contribution in [2.24, 2.45) is 0 Å². The zero-order chi connectivity index (χ0) is 9.97. The smallest absolute Gasteiger partial charge is 0.323 e. The number of carboxylic acids is 1. The van der Waals surface area contributed by atoms with Gasteiger partial charge in [-0.05, 0) is 17.5 Å². The molecule has 0 bridgehead atoms. The largest absolute Gasteiger partial charge is 0.480 e. The summed E-state index contributed by atoms with van der Waals surface area (Å²) >= 11 is 1.65. The number of nitrogens with zero attached hydrogens (tertiary/aromatic N) is 1. The summed E-state index contributed by atoms with van der Waals surface area (Å²) < 4.78 is 1.66. The third kappa shape index (κ3) is 1.85. The van der Waals surface area contributed by atoms with Crippen molar-refractivity contribution < 1.29 is 9.90 Å². The van der Waals surface area contributed by atoms with Crippen LogP contribution in [0.2, 0.25) is 0 Å². The van der Waals surface area contributed by atoms with E-state index in [0.29, 0.717) is 0 Å². The van der Waals surface area contributed by atoms with E-state index in [1.807, 2.05) is 29.8 Å². The van der Waals surface area contributed by atoms with Crippen LogP contribution in [0.15, 0.2) is 36.0 Å². The molecule has 1 N–H and O–H groups in total. The molecule has 0 fully saturated rings. The van der Waals surface area contributed by atoms with E-state index in [2.05, 4.69) is 0 Å². The number of aromatic nitrogens is 1. The van der Waals surface area contributed by atoms with Gasteiger partial charge in [-0.1, -0.05) is 6.07 Å². The maximum absolute atomic E-state index is 10.4. The third-order valence-electron chi connectivity index (χ3n) is 1.87. The first kappa shape index (κ1) is 9.02. The standard InChI is InChI=1S/C10H9NO2S/c12-10(13)7-11-4-3-8(6-11)9-2-1-5-14-9/h1-6H,7H2,(H,12,13). The van der Waals surface area contributed by atoms with Crippen LogP contribution in [0.4, 0.5) is 0 Å². The lowest BCUT2D eigenvalue weighted by Crippen LogP contribution is -2.05. The van der Waals surface area contributed by atoms with Crippen molar-refractivity contribution >= 4 is 17.3 Å². The minimum absolute atomic E-state index is 0.0192. The van der Waals surface area contributed by atoms with Gasteiger partial charge in [0.05, 0.1) is 0 Å². The average Bonchev–Trinajstić information content (AvgIpc) is 2.69. The lowest BCUT2D eigenvalue weighted by atomic mass is 10.3. The predicted molar refractivity (Wildman–Crippen MR) is 55.4 cm³/mol. The molecular formula is C10H9NO2S. The molecule has 14 heavy (non-hydrogen) atoms. The molecule has 0 atom stereocenters. The van der Waals surface area contributed by atoms with Gasteiger partial charge in [0.1, 0.15) is 6.54 Å². The van der Waals surface area contributed by atoms with Crippen molar-refractivity contribution in [3.8, 4) is 10.4 Å². The summed E-state index contributed by atoms with van der Waals surface area (Å²) in [5.74, 6) is -0.821. The first-order chi connectivity index (χ1) is 6.75. The fourth-order valence-electron chi connectivity index (χ4n) is 1.28. The monoisotopic (exact) mass is 207 g/mol. The Morgan fingerprint density at radius 1 is 1.50 bits per heavy atom. The molecule has 0 radical (unpaired) electrons. The fourth-order valence-corrected chi connectivity index (χ4v) is 2.00. The Morgan fingerprint density at radius 3 is 3.00 bits per heavy atom. The molecule has 0 saturated heterocycles. The van der Waals surface area contributed by atoms with Gasteiger partial charge in [-0.15, -0.1) is 11.3 Å². The van der Waals surface area contributed by atoms with Gasteiger partial charge < -0.3 is 9.67 Å². The Kier molecular flexibility index (Phi) is 2.37. The molecule has 0 saturated carbocycles. The van der Waals surface area contributed by atoms with Gasteiger partial charge in [-0.25, -0.2) is 0 Å². The highest BCUT2D eigenvalue weighted by Crippen LogP contribution is 2.24. The van der Waals surface area contributed by atoms with Crippen LogP contribution >= 0.6 is 11.3 Å². The molecule has 2 heterocycles. The summed E-state index contributed by atoms with van der Waals surface area (Å²) in [6.45, 7) is 0.0192. The van der Waals surface area contributed by atoms with Crippen LogP contribution in [0.1, 0.15) is 0 Å². The SMILES string of the molecule is O=C(O)Cn1ccc(-c2cccs2)c1. The number of carboxylic acid groups (broad SMARTS) is 1. The molecular weight excluding hydrogens is 198 g/mol. The van der Waals surface area contributed by atoms with E-state index in [0.717, 1.165) is 10.4 Å². The summed E-state index contributed by atoms with van der Waals surface area (Å²) in [5.41, 5.74) is 1.07. The van der Waals surface area contributed by atoms with Crippen LogP contribution in [0, 0.1) is 0 Å². The summed E-state index contributed by atoms with van der Waals surface area (Å²) in [6.07, 6.45) is 3.63. The molecule has 3 nitrogen and oxygen atoms in total. The molecule has 0 aliphatic rings. The highest BCUT2D eigenvalue weighted by atomic mass is 32.1. The van der Waals surface area contributed by atoms with Crippen molar-refractivity contribution in [3.63, 3.8) is 0 Å². The van der Waals surface area contributed by atoms with Crippen LogP contribution in [0.5, 0.6) is 0 Å². The molecule has 0 amide bonds. The zero-order valence-electron chi connectivity index (χ0n) is 7.38. The van der Waals surface area contributed by atoms with Gasteiger partial charge in [0.15, 0.2) is 0 Å². The number of hydrogen-bond donors (Lipinski definition) is 1. The second kappa shape index (κ2) is 3.67. The quantitative estimate of drug-likeness (QED) is 0.839. The normalized spacial score (nSPS) is 10.3. The number of aliphatic carboxylic acids is 1. The zero-order valence-corrected chi connectivity index (χ0v) is 8.20. The van der Waals surface area contributed by atoms with Crippen LogP contribution < -0.4 is 0 Å². The molecule has 2 aromatic rings. The maximum Gasteiger partial charge on any atom is 0.323 e. The summed E-state index contributed by atoms with van der Waals surface area (Å²) in [5, 5.41) is 10.6. The van der Waals surface area contributed by atoms with Crippen LogP contribution in [-0.2, 0) is 11.3 Å². The Balaban J connectivity index is 2.22. The third-order valence-corrected chi connectivity index (χ3v) is 2.79.